The maximum absolute atomic E-state index is 12.6. The topological polar surface area (TPSA) is 88.8 Å². The second kappa shape index (κ2) is 13.5. The summed E-state index contributed by atoms with van der Waals surface area (Å²) in [7, 11) is 0. The lowest BCUT2D eigenvalue weighted by atomic mass is 9.99. The number of hydrogen-bond donors (Lipinski definition) is 0. The first-order valence-corrected chi connectivity index (χ1v) is 17.5. The predicted octanol–water partition coefficient (Wildman–Crippen LogP) is 5.51. The number of rotatable bonds is 12. The third kappa shape index (κ3) is 7.08. The second-order valence-corrected chi connectivity index (χ2v) is 14.1. The SMILES string of the molecule is C=CC(=O)N1CCN(c2nc(O[C@@H](C)CN(CC3CC3)CC3CC3)nc3c2CCN(c2cccc4cccc(C)c24)C3)CC1CC#N. The van der Waals surface area contributed by atoms with Crippen LogP contribution < -0.4 is 14.5 Å². The minimum absolute atomic E-state index is 0.0489. The number of nitriles is 1. The number of amides is 1. The molecular formula is C38H47N7O2. The molecular weight excluding hydrogens is 586 g/mol. The van der Waals surface area contributed by atoms with E-state index in [0.717, 1.165) is 61.5 Å². The van der Waals surface area contributed by atoms with E-state index in [9.17, 15) is 10.1 Å². The van der Waals surface area contributed by atoms with Crippen molar-refractivity contribution in [2.75, 3.05) is 55.6 Å². The quantitative estimate of drug-likeness (QED) is 0.242. The summed E-state index contributed by atoms with van der Waals surface area (Å²) in [5.41, 5.74) is 4.62. The molecule has 1 unspecified atom stereocenters. The maximum Gasteiger partial charge on any atom is 0.318 e. The van der Waals surface area contributed by atoms with Crippen LogP contribution in [0, 0.1) is 30.1 Å². The van der Waals surface area contributed by atoms with Crippen molar-refractivity contribution < 1.29 is 9.53 Å². The molecule has 2 aliphatic heterocycles. The van der Waals surface area contributed by atoms with Gasteiger partial charge in [0.25, 0.3) is 0 Å². The van der Waals surface area contributed by atoms with Crippen LogP contribution in [0.25, 0.3) is 10.8 Å². The van der Waals surface area contributed by atoms with Gasteiger partial charge in [-0.3, -0.25) is 9.69 Å². The fourth-order valence-corrected chi connectivity index (χ4v) is 7.55. The molecule has 2 aliphatic carbocycles. The van der Waals surface area contributed by atoms with Crippen molar-refractivity contribution in [3.05, 3.63) is 65.9 Å². The Balaban J connectivity index is 1.19. The van der Waals surface area contributed by atoms with Crippen LogP contribution in [0.3, 0.4) is 0 Å². The maximum atomic E-state index is 12.6. The van der Waals surface area contributed by atoms with Gasteiger partial charge < -0.3 is 19.4 Å². The molecule has 9 heteroatoms. The van der Waals surface area contributed by atoms with E-state index in [-0.39, 0.29) is 24.5 Å². The van der Waals surface area contributed by atoms with Crippen LogP contribution in [0.15, 0.2) is 49.1 Å². The summed E-state index contributed by atoms with van der Waals surface area (Å²) in [4.78, 5) is 31.9. The van der Waals surface area contributed by atoms with Gasteiger partial charge in [0.1, 0.15) is 11.9 Å². The van der Waals surface area contributed by atoms with Gasteiger partial charge in [0, 0.05) is 62.5 Å². The highest BCUT2D eigenvalue weighted by molar-refractivity contribution is 5.97. The standard InChI is InChI=1S/C38H47N7O2/c1-4-35(46)45-20-19-44(24-31(45)15-17-39)37-32-16-18-43(34-10-6-9-30-8-5-7-26(2)36(30)34)25-33(32)40-38(41-37)47-27(3)21-42(22-28-11-12-28)23-29-13-14-29/h4-10,27-29,31H,1,11-16,18-25H2,2-3H3/t27-,31?/m0/s1. The number of fused-ring (bicyclic) bond motifs is 2. The first-order valence-electron chi connectivity index (χ1n) is 17.5. The Kier molecular flexibility index (Phi) is 9.05. The lowest BCUT2D eigenvalue weighted by Crippen LogP contribution is -2.55. The number of anilines is 2. The van der Waals surface area contributed by atoms with Crippen molar-refractivity contribution in [2.45, 2.75) is 71.1 Å². The van der Waals surface area contributed by atoms with Crippen LogP contribution in [-0.2, 0) is 17.8 Å². The zero-order chi connectivity index (χ0) is 32.5. The van der Waals surface area contributed by atoms with Crippen molar-refractivity contribution in [3.63, 3.8) is 0 Å². The lowest BCUT2D eigenvalue weighted by Gasteiger charge is -2.42. The molecule has 2 atom stereocenters. The van der Waals surface area contributed by atoms with Crippen LogP contribution in [0.4, 0.5) is 11.5 Å². The largest absolute Gasteiger partial charge is 0.459 e. The molecule has 47 heavy (non-hydrogen) atoms. The van der Waals surface area contributed by atoms with Crippen molar-refractivity contribution in [1.82, 2.24) is 19.8 Å². The van der Waals surface area contributed by atoms with E-state index in [1.807, 2.05) is 0 Å². The fraction of sp³-hybridized carbons (Fsp3) is 0.526. The number of benzene rings is 2. The van der Waals surface area contributed by atoms with E-state index in [4.69, 9.17) is 14.7 Å². The summed E-state index contributed by atoms with van der Waals surface area (Å²) >= 11 is 0. The van der Waals surface area contributed by atoms with Crippen LogP contribution in [0.5, 0.6) is 6.01 Å². The number of hydrogen-bond acceptors (Lipinski definition) is 8. The van der Waals surface area contributed by atoms with Gasteiger partial charge in [-0.15, -0.1) is 0 Å². The van der Waals surface area contributed by atoms with E-state index in [1.54, 1.807) is 4.90 Å². The summed E-state index contributed by atoms with van der Waals surface area (Å²) in [6.07, 6.45) is 7.74. The minimum atomic E-state index is -0.231. The van der Waals surface area contributed by atoms with Crippen LogP contribution in [-0.4, -0.2) is 83.6 Å². The van der Waals surface area contributed by atoms with Crippen LogP contribution in [0.2, 0.25) is 0 Å². The summed E-state index contributed by atoms with van der Waals surface area (Å²) in [6.45, 7) is 14.4. The molecule has 0 bridgehead atoms. The third-order valence-electron chi connectivity index (χ3n) is 10.3. The first kappa shape index (κ1) is 31.4. The van der Waals surface area contributed by atoms with E-state index in [1.165, 1.54) is 53.8 Å². The molecule has 0 N–H and O–H groups in total. The van der Waals surface area contributed by atoms with Gasteiger partial charge in [-0.25, -0.2) is 0 Å². The third-order valence-corrected chi connectivity index (χ3v) is 10.3. The Bertz CT molecular complexity index is 1660. The van der Waals surface area contributed by atoms with Gasteiger partial charge in [-0.1, -0.05) is 36.9 Å². The molecule has 1 amide bonds. The van der Waals surface area contributed by atoms with Gasteiger partial charge in [0.15, 0.2) is 0 Å². The molecule has 3 fully saturated rings. The monoisotopic (exact) mass is 633 g/mol. The molecule has 3 heterocycles. The van der Waals surface area contributed by atoms with Crippen molar-refractivity contribution in [1.29, 1.82) is 5.26 Å². The molecule has 9 nitrogen and oxygen atoms in total. The summed E-state index contributed by atoms with van der Waals surface area (Å²) in [5.74, 6) is 2.43. The molecule has 1 saturated heterocycles. The zero-order valence-electron chi connectivity index (χ0n) is 27.9. The predicted molar refractivity (Wildman–Crippen MR) is 186 cm³/mol. The normalized spacial score (nSPS) is 20.2. The lowest BCUT2D eigenvalue weighted by molar-refractivity contribution is -0.128. The smallest absolute Gasteiger partial charge is 0.318 e. The van der Waals surface area contributed by atoms with Gasteiger partial charge in [0.05, 0.1) is 30.8 Å². The van der Waals surface area contributed by atoms with Crippen molar-refractivity contribution in [3.8, 4) is 12.1 Å². The van der Waals surface area contributed by atoms with E-state index in [0.29, 0.717) is 32.2 Å². The fourth-order valence-electron chi connectivity index (χ4n) is 7.55. The zero-order valence-corrected chi connectivity index (χ0v) is 27.9. The van der Waals surface area contributed by atoms with E-state index in [2.05, 4.69) is 77.6 Å². The summed E-state index contributed by atoms with van der Waals surface area (Å²) in [6, 6.07) is 15.5. The number of carbonyl (C=O) groups is 1. The van der Waals surface area contributed by atoms with Gasteiger partial charge in [-0.2, -0.15) is 15.2 Å². The van der Waals surface area contributed by atoms with Gasteiger partial charge in [-0.05, 0) is 80.9 Å². The Morgan fingerprint density at radius 2 is 1.83 bits per heavy atom. The highest BCUT2D eigenvalue weighted by Crippen LogP contribution is 2.37. The highest BCUT2D eigenvalue weighted by Gasteiger charge is 2.34. The highest BCUT2D eigenvalue weighted by atomic mass is 16.5. The average molecular weight is 634 g/mol. The molecule has 7 rings (SSSR count). The minimum Gasteiger partial charge on any atom is -0.459 e. The Hall–Kier alpha value is -4.16. The Morgan fingerprint density at radius 1 is 1.09 bits per heavy atom. The second-order valence-electron chi connectivity index (χ2n) is 14.1. The summed E-state index contributed by atoms with van der Waals surface area (Å²) < 4.78 is 6.59. The molecule has 2 saturated carbocycles. The molecule has 246 valence electrons. The van der Waals surface area contributed by atoms with Crippen molar-refractivity contribution in [2.24, 2.45) is 11.8 Å². The molecule has 1 aromatic heterocycles. The molecule has 2 aromatic carbocycles. The Morgan fingerprint density at radius 3 is 2.53 bits per heavy atom. The Labute approximate surface area is 278 Å². The molecule has 3 aromatic rings. The van der Waals surface area contributed by atoms with E-state index >= 15 is 0 Å². The first-order chi connectivity index (χ1) is 22.9. The molecule has 4 aliphatic rings. The molecule has 0 radical (unpaired) electrons. The van der Waals surface area contributed by atoms with Crippen molar-refractivity contribution >= 4 is 28.2 Å². The average Bonchev–Trinajstić information content (AvgIpc) is 4.02. The van der Waals surface area contributed by atoms with Gasteiger partial charge >= 0.3 is 6.01 Å². The van der Waals surface area contributed by atoms with Crippen LogP contribution >= 0.6 is 0 Å². The molecule has 0 spiro atoms. The number of aromatic nitrogens is 2. The van der Waals surface area contributed by atoms with E-state index < -0.39 is 0 Å². The number of piperazine rings is 1. The van der Waals surface area contributed by atoms with Crippen LogP contribution in [0.1, 0.15) is 55.8 Å². The number of nitrogens with zero attached hydrogens (tertiary/aromatic N) is 7. The number of ether oxygens (including phenoxy) is 1. The summed E-state index contributed by atoms with van der Waals surface area (Å²) in [5, 5.41) is 12.1. The van der Waals surface area contributed by atoms with Gasteiger partial charge in [0.2, 0.25) is 5.91 Å². The number of aryl methyl sites for hydroxylation is 1. The number of carbonyl (C=O) groups excluding carboxylic acids is 1.